The van der Waals surface area contributed by atoms with Crippen LogP contribution in [0.1, 0.15) is 37.4 Å². The van der Waals surface area contributed by atoms with Crippen molar-refractivity contribution in [3.05, 3.63) is 33.7 Å². The van der Waals surface area contributed by atoms with E-state index in [0.717, 1.165) is 21.8 Å². The van der Waals surface area contributed by atoms with Crippen molar-refractivity contribution in [1.82, 2.24) is 4.98 Å². The van der Waals surface area contributed by atoms with E-state index in [4.69, 9.17) is 4.74 Å². The van der Waals surface area contributed by atoms with E-state index in [1.54, 1.807) is 6.07 Å². The summed E-state index contributed by atoms with van der Waals surface area (Å²) in [5.41, 5.74) is 1.18. The van der Waals surface area contributed by atoms with Crippen LogP contribution in [-0.2, 0) is 21.6 Å². The normalized spacial score (nSPS) is 21.0. The third kappa shape index (κ3) is 2.34. The first-order valence-electron chi connectivity index (χ1n) is 7.33. The number of hydrogen-bond acceptors (Lipinski definition) is 2. The maximum atomic E-state index is 14.1. The molecule has 0 radical (unpaired) electrons. The molecule has 4 nitrogen and oxygen atoms in total. The van der Waals surface area contributed by atoms with Crippen LogP contribution >= 0.6 is 15.9 Å². The van der Waals surface area contributed by atoms with E-state index in [-0.39, 0.29) is 12.2 Å². The smallest absolute Gasteiger partial charge is 0.306 e. The quantitative estimate of drug-likeness (QED) is 0.852. The Kier molecular flexibility index (Phi) is 3.99. The molecule has 0 saturated heterocycles. The number of benzene rings is 1. The Balaban J connectivity index is 2.27. The molecular formula is C16H17BrFNO3. The van der Waals surface area contributed by atoms with Crippen LogP contribution in [0.25, 0.3) is 10.9 Å². The molecule has 2 heterocycles. The van der Waals surface area contributed by atoms with Gasteiger partial charge in [-0.25, -0.2) is 4.39 Å². The van der Waals surface area contributed by atoms with Gasteiger partial charge in [0.05, 0.1) is 24.2 Å². The molecule has 2 N–H and O–H groups in total. The van der Waals surface area contributed by atoms with Gasteiger partial charge in [0, 0.05) is 9.86 Å². The summed E-state index contributed by atoms with van der Waals surface area (Å²) in [4.78, 5) is 14.4. The highest BCUT2D eigenvalue weighted by molar-refractivity contribution is 9.10. The van der Waals surface area contributed by atoms with Crippen LogP contribution in [0.2, 0.25) is 0 Å². The van der Waals surface area contributed by atoms with E-state index < -0.39 is 11.6 Å². The number of rotatable bonds is 4. The van der Waals surface area contributed by atoms with Gasteiger partial charge in [-0.1, -0.05) is 29.3 Å². The molecule has 1 aliphatic rings. The van der Waals surface area contributed by atoms with Gasteiger partial charge < -0.3 is 14.8 Å². The second-order valence-corrected chi connectivity index (χ2v) is 6.53. The number of aliphatic carboxylic acids is 1. The molecule has 118 valence electrons. The molecule has 2 aromatic rings. The summed E-state index contributed by atoms with van der Waals surface area (Å²) in [7, 11) is 0. The first-order valence-corrected chi connectivity index (χ1v) is 8.12. The monoisotopic (exact) mass is 369 g/mol. The summed E-state index contributed by atoms with van der Waals surface area (Å²) in [5, 5.41) is 10.1. The molecule has 0 saturated carbocycles. The van der Waals surface area contributed by atoms with Crippen LogP contribution in [0, 0.1) is 5.82 Å². The zero-order valence-corrected chi connectivity index (χ0v) is 13.8. The zero-order valence-electron chi connectivity index (χ0n) is 12.2. The molecule has 0 amide bonds. The Hall–Kier alpha value is -1.40. The van der Waals surface area contributed by atoms with Gasteiger partial charge in [-0.2, -0.15) is 0 Å². The predicted molar refractivity (Wildman–Crippen MR) is 84.5 cm³/mol. The second-order valence-electron chi connectivity index (χ2n) is 5.67. The van der Waals surface area contributed by atoms with E-state index in [0.29, 0.717) is 30.7 Å². The molecule has 1 unspecified atom stereocenters. The lowest BCUT2D eigenvalue weighted by Crippen LogP contribution is -2.37. The van der Waals surface area contributed by atoms with Gasteiger partial charge in [0.1, 0.15) is 11.4 Å². The molecule has 0 spiro atoms. The molecule has 0 bridgehead atoms. The lowest BCUT2D eigenvalue weighted by Gasteiger charge is -2.36. The van der Waals surface area contributed by atoms with Crippen molar-refractivity contribution < 1.29 is 19.0 Å². The summed E-state index contributed by atoms with van der Waals surface area (Å²) < 4.78 is 20.9. The molecule has 1 aliphatic heterocycles. The maximum absolute atomic E-state index is 14.1. The lowest BCUT2D eigenvalue weighted by atomic mass is 9.85. The van der Waals surface area contributed by atoms with E-state index in [1.807, 2.05) is 6.92 Å². The van der Waals surface area contributed by atoms with Crippen LogP contribution in [0.3, 0.4) is 0 Å². The molecule has 1 atom stereocenters. The summed E-state index contributed by atoms with van der Waals surface area (Å²) in [6, 6.07) is 3.08. The third-order valence-electron chi connectivity index (χ3n) is 4.23. The highest BCUT2D eigenvalue weighted by Gasteiger charge is 2.42. The van der Waals surface area contributed by atoms with Gasteiger partial charge in [0.25, 0.3) is 0 Å². The summed E-state index contributed by atoms with van der Waals surface area (Å²) in [6.07, 6.45) is 1.88. The predicted octanol–water partition coefficient (Wildman–Crippen LogP) is 4.11. The molecule has 1 aromatic carbocycles. The number of fused-ring (bicyclic) bond motifs is 3. The molecule has 0 fully saturated rings. The topological polar surface area (TPSA) is 62.3 Å². The number of carbonyl (C=O) groups is 1. The Morgan fingerprint density at radius 2 is 2.32 bits per heavy atom. The Bertz CT molecular complexity index is 743. The van der Waals surface area contributed by atoms with Crippen molar-refractivity contribution in [3.8, 4) is 0 Å². The van der Waals surface area contributed by atoms with Crippen molar-refractivity contribution in [2.45, 2.75) is 38.2 Å². The number of hydrogen-bond donors (Lipinski definition) is 2. The fourth-order valence-corrected chi connectivity index (χ4v) is 4.00. The Morgan fingerprint density at radius 1 is 1.55 bits per heavy atom. The Morgan fingerprint density at radius 3 is 3.00 bits per heavy atom. The van der Waals surface area contributed by atoms with E-state index in [9.17, 15) is 14.3 Å². The number of aromatic amines is 1. The first-order chi connectivity index (χ1) is 10.5. The molecule has 22 heavy (non-hydrogen) atoms. The third-order valence-corrected chi connectivity index (χ3v) is 4.89. The number of ether oxygens (including phenoxy) is 1. The van der Waals surface area contributed by atoms with Crippen LogP contribution in [0.5, 0.6) is 0 Å². The highest BCUT2D eigenvalue weighted by Crippen LogP contribution is 2.44. The van der Waals surface area contributed by atoms with Crippen molar-refractivity contribution in [2.75, 3.05) is 6.61 Å². The van der Waals surface area contributed by atoms with Gasteiger partial charge in [0.2, 0.25) is 0 Å². The highest BCUT2D eigenvalue weighted by atomic mass is 79.9. The van der Waals surface area contributed by atoms with E-state index in [2.05, 4.69) is 20.9 Å². The number of carboxylic acids is 1. The van der Waals surface area contributed by atoms with Crippen LogP contribution in [0.4, 0.5) is 4.39 Å². The van der Waals surface area contributed by atoms with Crippen molar-refractivity contribution in [3.63, 3.8) is 0 Å². The molecule has 3 rings (SSSR count). The van der Waals surface area contributed by atoms with E-state index in [1.165, 1.54) is 6.07 Å². The van der Waals surface area contributed by atoms with Crippen molar-refractivity contribution >= 4 is 32.8 Å². The van der Waals surface area contributed by atoms with Crippen LogP contribution in [0.15, 0.2) is 16.6 Å². The summed E-state index contributed by atoms with van der Waals surface area (Å²) in [6.45, 7) is 2.43. The van der Waals surface area contributed by atoms with Gasteiger partial charge in [-0.05, 0) is 30.5 Å². The minimum atomic E-state index is -0.917. The number of halogens is 2. The van der Waals surface area contributed by atoms with Crippen LogP contribution < -0.4 is 0 Å². The molecule has 6 heteroatoms. The van der Waals surface area contributed by atoms with Gasteiger partial charge in [-0.3, -0.25) is 4.79 Å². The number of nitrogens with one attached hydrogen (secondary N) is 1. The van der Waals surface area contributed by atoms with Gasteiger partial charge in [0.15, 0.2) is 0 Å². The largest absolute Gasteiger partial charge is 0.481 e. The number of H-pyrrole nitrogens is 1. The molecular weight excluding hydrogens is 353 g/mol. The van der Waals surface area contributed by atoms with Crippen molar-refractivity contribution in [2.24, 2.45) is 0 Å². The molecule has 0 aliphatic carbocycles. The second kappa shape index (κ2) is 5.66. The average Bonchev–Trinajstić information content (AvgIpc) is 2.85. The zero-order chi connectivity index (χ0) is 15.9. The number of aromatic nitrogens is 1. The average molecular weight is 370 g/mol. The van der Waals surface area contributed by atoms with Gasteiger partial charge >= 0.3 is 5.97 Å². The fraction of sp³-hybridized carbons (Fsp3) is 0.438. The summed E-state index contributed by atoms with van der Waals surface area (Å²) in [5.74, 6) is -1.26. The standard InChI is InChI=1S/C16H17BrFNO3/c1-2-6-16(8-12(20)21)15-9(5-7-22-16)13-10(17)3-4-11(18)14(13)19-15/h3-4,19H,2,5-8H2,1H3,(H,20,21). The summed E-state index contributed by atoms with van der Waals surface area (Å²) >= 11 is 3.47. The molecule has 1 aromatic heterocycles. The SMILES string of the molecule is CCCC1(CC(=O)O)OCCc2c1[nH]c1c(F)ccc(Br)c21. The maximum Gasteiger partial charge on any atom is 0.306 e. The van der Waals surface area contributed by atoms with E-state index >= 15 is 0 Å². The van der Waals surface area contributed by atoms with Gasteiger partial charge in [-0.15, -0.1) is 0 Å². The Labute approximate surface area is 135 Å². The minimum absolute atomic E-state index is 0.125. The fourth-order valence-electron chi connectivity index (χ4n) is 3.43. The first kappa shape index (κ1) is 15.5. The van der Waals surface area contributed by atoms with Crippen LogP contribution in [-0.4, -0.2) is 22.7 Å². The number of carboxylic acid groups (broad SMARTS) is 1. The van der Waals surface area contributed by atoms with Crippen molar-refractivity contribution in [1.29, 1.82) is 0 Å². The minimum Gasteiger partial charge on any atom is -0.481 e. The lowest BCUT2D eigenvalue weighted by molar-refractivity contribution is -0.149.